The first kappa shape index (κ1) is 24.5. The molecule has 1 aromatic rings. The molecule has 0 heterocycles. The number of Topliss-reactive ketones (excluding diaryl/α,β-unsaturated/α-hetero) is 2. The molecule has 3 aliphatic carbocycles. The molecule has 0 aromatic heterocycles. The molecule has 186 valence electrons. The van der Waals surface area contributed by atoms with Crippen molar-refractivity contribution < 1.29 is 34.8 Å². The Morgan fingerprint density at radius 1 is 1.23 bits per heavy atom. The van der Waals surface area contributed by atoms with Crippen LogP contribution in [0.25, 0.3) is 11.8 Å². The average Bonchev–Trinajstić information content (AvgIpc) is 2.77. The number of ketones is 2. The van der Waals surface area contributed by atoms with Crippen molar-refractivity contribution in [2.75, 3.05) is 19.0 Å². The number of anilines is 1. The number of rotatable bonds is 5. The van der Waals surface area contributed by atoms with E-state index in [9.17, 15) is 34.8 Å². The van der Waals surface area contributed by atoms with Crippen molar-refractivity contribution in [1.82, 2.24) is 0 Å². The van der Waals surface area contributed by atoms with E-state index in [0.717, 1.165) is 18.5 Å². The third-order valence-electron chi connectivity index (χ3n) is 7.30. The molecule has 35 heavy (non-hydrogen) atoms. The molecule has 4 rings (SSSR count). The lowest BCUT2D eigenvalue weighted by Crippen LogP contribution is -2.58. The maximum absolute atomic E-state index is 13.6. The van der Waals surface area contributed by atoms with Crippen LogP contribution < -0.4 is 10.6 Å². The van der Waals surface area contributed by atoms with Gasteiger partial charge in [0.1, 0.15) is 22.8 Å². The monoisotopic (exact) mass is 482 g/mol. The minimum atomic E-state index is -2.56. The van der Waals surface area contributed by atoms with Gasteiger partial charge in [0, 0.05) is 43.3 Å². The van der Waals surface area contributed by atoms with Crippen molar-refractivity contribution in [3.8, 4) is 5.75 Å². The largest absolute Gasteiger partial charge is 0.508 e. The van der Waals surface area contributed by atoms with Crippen molar-refractivity contribution in [1.29, 1.82) is 0 Å². The van der Waals surface area contributed by atoms with E-state index in [2.05, 4.69) is 0 Å². The fraction of sp³-hybridized carbons (Fsp3) is 0.423. The number of aliphatic hydroxyl groups is 3. The van der Waals surface area contributed by atoms with Crippen LogP contribution in [-0.4, -0.2) is 57.6 Å². The molecule has 9 nitrogen and oxygen atoms in total. The highest BCUT2D eigenvalue weighted by molar-refractivity contribution is 6.22. The second kappa shape index (κ2) is 8.57. The van der Waals surface area contributed by atoms with Gasteiger partial charge in [0.05, 0.1) is 5.56 Å². The van der Waals surface area contributed by atoms with Gasteiger partial charge in [-0.15, -0.1) is 0 Å². The first-order valence-electron chi connectivity index (χ1n) is 11.6. The van der Waals surface area contributed by atoms with Crippen molar-refractivity contribution in [2.24, 2.45) is 17.6 Å². The van der Waals surface area contributed by atoms with E-state index in [1.54, 1.807) is 6.08 Å². The molecular weight excluding hydrogens is 452 g/mol. The average molecular weight is 483 g/mol. The van der Waals surface area contributed by atoms with Crippen molar-refractivity contribution in [3.05, 3.63) is 45.7 Å². The van der Waals surface area contributed by atoms with Gasteiger partial charge in [-0.2, -0.15) is 0 Å². The molecule has 6 N–H and O–H groups in total. The van der Waals surface area contributed by atoms with E-state index < -0.39 is 52.0 Å². The standard InChI is InChI=1S/C26H30N2O7/c1-4-5-6-7-12-10-16(28(2)3)15-9-13-8-14-11-17(29)20(25(27)34)24(33)26(14,35)23(32)18(13)22(31)19(15)21(12)30/h6-7,10,13-14,30-31,33,35H,4-5,8-9,11H2,1-3H3,(H2,27,34)/b7-6+/t13-,14+,26+/m1/s1. The van der Waals surface area contributed by atoms with Crippen LogP contribution in [0.5, 0.6) is 5.75 Å². The maximum Gasteiger partial charge on any atom is 0.255 e. The number of nitrogens with zero attached hydrogens (tertiary/aromatic N) is 1. The summed E-state index contributed by atoms with van der Waals surface area (Å²) in [6.07, 6.45) is 5.41. The Balaban J connectivity index is 1.94. The molecule has 0 spiro atoms. The predicted molar refractivity (Wildman–Crippen MR) is 130 cm³/mol. The van der Waals surface area contributed by atoms with E-state index in [0.29, 0.717) is 11.1 Å². The van der Waals surface area contributed by atoms with Gasteiger partial charge in [-0.1, -0.05) is 25.5 Å². The number of hydrogen-bond acceptors (Lipinski definition) is 8. The minimum Gasteiger partial charge on any atom is -0.508 e. The van der Waals surface area contributed by atoms with Crippen LogP contribution in [0.2, 0.25) is 0 Å². The zero-order valence-electron chi connectivity index (χ0n) is 20.0. The number of unbranched alkanes of at least 4 members (excludes halogenated alkanes) is 1. The fourth-order valence-electron chi connectivity index (χ4n) is 5.59. The molecule has 0 bridgehead atoms. The van der Waals surface area contributed by atoms with Crippen LogP contribution in [0.3, 0.4) is 0 Å². The van der Waals surface area contributed by atoms with Gasteiger partial charge in [0.25, 0.3) is 5.91 Å². The molecule has 1 fully saturated rings. The Hall–Kier alpha value is -3.59. The third kappa shape index (κ3) is 3.53. The lowest BCUT2D eigenvalue weighted by Gasteiger charge is -2.46. The number of aliphatic hydroxyl groups excluding tert-OH is 2. The first-order chi connectivity index (χ1) is 16.4. The number of benzene rings is 1. The van der Waals surface area contributed by atoms with Crippen LogP contribution >= 0.6 is 0 Å². The Morgan fingerprint density at radius 2 is 1.91 bits per heavy atom. The Labute approximate surface area is 202 Å². The number of hydrogen-bond donors (Lipinski definition) is 5. The lowest BCUT2D eigenvalue weighted by molar-refractivity contribution is -0.147. The van der Waals surface area contributed by atoms with Gasteiger partial charge >= 0.3 is 0 Å². The number of phenols is 1. The highest BCUT2D eigenvalue weighted by atomic mass is 16.3. The van der Waals surface area contributed by atoms with E-state index in [1.807, 2.05) is 38.1 Å². The number of carbonyl (C=O) groups is 3. The molecule has 1 aromatic carbocycles. The third-order valence-corrected chi connectivity index (χ3v) is 7.30. The topological polar surface area (TPSA) is 161 Å². The summed E-state index contributed by atoms with van der Waals surface area (Å²) in [6, 6.07) is 1.82. The number of phenolic OH excluding ortho intramolecular Hbond substituents is 1. The fourth-order valence-corrected chi connectivity index (χ4v) is 5.59. The summed E-state index contributed by atoms with van der Waals surface area (Å²) in [5.41, 5.74) is 3.68. The van der Waals surface area contributed by atoms with E-state index >= 15 is 0 Å². The number of amides is 1. The minimum absolute atomic E-state index is 0.0967. The van der Waals surface area contributed by atoms with E-state index in [1.165, 1.54) is 0 Å². The van der Waals surface area contributed by atoms with Crippen LogP contribution in [0.1, 0.15) is 49.3 Å². The SMILES string of the molecule is CCC/C=C/c1cc(N(C)C)c2c(c1O)C(O)=C1C(=O)[C@]3(O)C(O)=C(C(N)=O)C(=O)C[C@@H]3C[C@@H]1C2. The van der Waals surface area contributed by atoms with Gasteiger partial charge in [-0.05, 0) is 36.8 Å². The second-order valence-electron chi connectivity index (χ2n) is 9.68. The Bertz CT molecular complexity index is 1240. The number of primary amides is 1. The van der Waals surface area contributed by atoms with Crippen LogP contribution in [0.4, 0.5) is 5.69 Å². The maximum atomic E-state index is 13.6. The summed E-state index contributed by atoms with van der Waals surface area (Å²) < 4.78 is 0. The molecule has 1 amide bonds. The van der Waals surface area contributed by atoms with Gasteiger partial charge in [-0.3, -0.25) is 14.4 Å². The van der Waals surface area contributed by atoms with Crippen LogP contribution in [0.15, 0.2) is 29.0 Å². The number of carbonyl (C=O) groups excluding carboxylic acids is 3. The molecule has 0 unspecified atom stereocenters. The lowest BCUT2D eigenvalue weighted by atomic mass is 9.59. The van der Waals surface area contributed by atoms with Crippen molar-refractivity contribution in [2.45, 2.75) is 44.6 Å². The summed E-state index contributed by atoms with van der Waals surface area (Å²) in [5, 5.41) is 44.4. The van der Waals surface area contributed by atoms with Crippen molar-refractivity contribution >= 4 is 35.0 Å². The molecular formula is C26H30N2O7. The molecule has 1 saturated carbocycles. The van der Waals surface area contributed by atoms with E-state index in [4.69, 9.17) is 5.73 Å². The van der Waals surface area contributed by atoms with Gasteiger partial charge in [-0.25, -0.2) is 0 Å². The zero-order valence-corrected chi connectivity index (χ0v) is 20.0. The number of allylic oxidation sites excluding steroid dienone is 1. The molecule has 0 saturated heterocycles. The Kier molecular flexibility index (Phi) is 6.00. The highest BCUT2D eigenvalue weighted by Crippen LogP contribution is 2.53. The summed E-state index contributed by atoms with van der Waals surface area (Å²) in [5.74, 6) is -6.26. The number of aromatic hydroxyl groups is 1. The second-order valence-corrected chi connectivity index (χ2v) is 9.68. The molecule has 0 aliphatic heterocycles. The predicted octanol–water partition coefficient (Wildman–Crippen LogP) is 2.30. The molecule has 3 atom stereocenters. The van der Waals surface area contributed by atoms with Crippen molar-refractivity contribution in [3.63, 3.8) is 0 Å². The highest BCUT2D eigenvalue weighted by Gasteiger charge is 2.60. The van der Waals surface area contributed by atoms with Gasteiger partial charge in [0.15, 0.2) is 11.4 Å². The quantitative estimate of drug-likeness (QED) is 0.399. The molecule has 0 radical (unpaired) electrons. The smallest absolute Gasteiger partial charge is 0.255 e. The van der Waals surface area contributed by atoms with Gasteiger partial charge in [0.2, 0.25) is 5.78 Å². The molecule has 3 aliphatic rings. The number of fused-ring (bicyclic) bond motifs is 3. The summed E-state index contributed by atoms with van der Waals surface area (Å²) in [6.45, 7) is 2.03. The summed E-state index contributed by atoms with van der Waals surface area (Å²) >= 11 is 0. The van der Waals surface area contributed by atoms with E-state index in [-0.39, 0.29) is 36.1 Å². The molecule has 9 heteroatoms. The normalized spacial score (nSPS) is 26.1. The summed E-state index contributed by atoms with van der Waals surface area (Å²) in [4.78, 5) is 39.7. The van der Waals surface area contributed by atoms with Crippen LogP contribution in [-0.2, 0) is 20.8 Å². The zero-order chi connectivity index (χ0) is 25.8. The van der Waals surface area contributed by atoms with Gasteiger partial charge < -0.3 is 31.1 Å². The first-order valence-corrected chi connectivity index (χ1v) is 11.6. The Morgan fingerprint density at radius 3 is 2.51 bits per heavy atom. The summed E-state index contributed by atoms with van der Waals surface area (Å²) in [7, 11) is 3.67. The number of nitrogens with two attached hydrogens (primary N) is 1. The van der Waals surface area contributed by atoms with Crippen LogP contribution in [0, 0.1) is 11.8 Å².